The maximum Gasteiger partial charge on any atom is 0.433 e. The summed E-state index contributed by atoms with van der Waals surface area (Å²) in [7, 11) is 0. The number of urea groups is 1. The predicted molar refractivity (Wildman–Crippen MR) is 126 cm³/mol. The number of nitrogens with one attached hydrogen (secondary N) is 2. The molecule has 1 aliphatic rings. The van der Waals surface area contributed by atoms with Crippen molar-refractivity contribution >= 4 is 17.8 Å². The number of carbonyl (C=O) groups is 1. The zero-order valence-corrected chi connectivity index (χ0v) is 19.6. The summed E-state index contributed by atoms with van der Waals surface area (Å²) in [5, 5.41) is 5.48. The van der Waals surface area contributed by atoms with Crippen LogP contribution < -0.4 is 15.5 Å². The molecule has 0 saturated carbocycles. The molecule has 1 saturated heterocycles. The van der Waals surface area contributed by atoms with Gasteiger partial charge in [0.2, 0.25) is 5.95 Å². The fourth-order valence-corrected chi connectivity index (χ4v) is 3.79. The number of hydrogen-bond acceptors (Lipinski definition) is 6. The number of nitrogens with zero attached hydrogens (tertiary/aromatic N) is 5. The van der Waals surface area contributed by atoms with Crippen LogP contribution in [0.25, 0.3) is 11.1 Å². The molecule has 1 aliphatic heterocycles. The number of anilines is 2. The normalized spacial score (nSPS) is 19.3. The van der Waals surface area contributed by atoms with Crippen LogP contribution in [0.4, 0.5) is 29.7 Å². The standard InChI is InChI=1S/C24H26F3N7O/c1-13(2)19-12-31-23(35)34(19)21-6-8-29-22(33-21)32-15(4)18-9-14(3)17(11-30-18)16-5-7-28-20(10-16)24(25,26)27/h5-11,13,15,19H,12H2,1-4H3,(H,31,35)(H,29,32,33)/t15-,19+/m0/s1/i12D2. The molecule has 35 heavy (non-hydrogen) atoms. The smallest absolute Gasteiger partial charge is 0.346 e. The summed E-state index contributed by atoms with van der Waals surface area (Å²) in [4.78, 5) is 30.3. The van der Waals surface area contributed by atoms with Gasteiger partial charge in [-0.25, -0.2) is 9.78 Å². The Labute approximate surface area is 203 Å². The number of aryl methyl sites for hydroxylation is 1. The Hall–Kier alpha value is -3.76. The second-order valence-corrected chi connectivity index (χ2v) is 8.59. The molecule has 0 unspecified atom stereocenters. The van der Waals surface area contributed by atoms with Crippen LogP contribution in [0.2, 0.25) is 0 Å². The molecule has 0 aromatic carbocycles. The summed E-state index contributed by atoms with van der Waals surface area (Å²) in [5.74, 6) is 0.276. The van der Waals surface area contributed by atoms with Gasteiger partial charge in [-0.15, -0.1) is 0 Å². The molecular weight excluding hydrogens is 459 g/mol. The second kappa shape index (κ2) is 9.47. The Morgan fingerprint density at radius 1 is 1.17 bits per heavy atom. The molecule has 2 N–H and O–H groups in total. The summed E-state index contributed by atoms with van der Waals surface area (Å²) in [6, 6.07) is 4.07. The minimum atomic E-state index is -4.54. The SMILES string of the molecule is [2H]C1([2H])NC(=O)N(c2ccnc(N[C@@H](C)c3cc(C)c(-c4ccnc(C(F)(F)F)c4)cn3)n2)[C@H]1C(C)C. The maximum atomic E-state index is 13.1. The predicted octanol–water partition coefficient (Wildman–Crippen LogP) is 4.99. The van der Waals surface area contributed by atoms with Gasteiger partial charge in [0.1, 0.15) is 11.5 Å². The van der Waals surface area contributed by atoms with Crippen molar-refractivity contribution in [2.75, 3.05) is 16.7 Å². The van der Waals surface area contributed by atoms with Crippen molar-refractivity contribution in [2.45, 2.75) is 46.0 Å². The molecule has 4 rings (SSSR count). The van der Waals surface area contributed by atoms with E-state index >= 15 is 0 Å². The van der Waals surface area contributed by atoms with Gasteiger partial charge in [0.25, 0.3) is 0 Å². The summed E-state index contributed by atoms with van der Waals surface area (Å²) >= 11 is 0. The number of carbonyl (C=O) groups excluding carboxylic acids is 1. The summed E-state index contributed by atoms with van der Waals surface area (Å²) in [5.41, 5.74) is 1.27. The lowest BCUT2D eigenvalue weighted by Gasteiger charge is -2.25. The molecule has 3 aromatic heterocycles. The molecule has 8 nitrogen and oxygen atoms in total. The molecule has 0 aliphatic carbocycles. The van der Waals surface area contributed by atoms with Crippen LogP contribution in [0.5, 0.6) is 0 Å². The highest BCUT2D eigenvalue weighted by Crippen LogP contribution is 2.32. The van der Waals surface area contributed by atoms with Crippen molar-refractivity contribution in [1.29, 1.82) is 0 Å². The van der Waals surface area contributed by atoms with E-state index in [-0.39, 0.29) is 23.7 Å². The van der Waals surface area contributed by atoms with Gasteiger partial charge < -0.3 is 10.6 Å². The average molecular weight is 488 g/mol. The number of alkyl halides is 3. The third-order valence-electron chi connectivity index (χ3n) is 5.63. The Bertz CT molecular complexity index is 1320. The van der Waals surface area contributed by atoms with E-state index < -0.39 is 30.4 Å². The highest BCUT2D eigenvalue weighted by molar-refractivity contribution is 5.94. The van der Waals surface area contributed by atoms with E-state index in [1.807, 2.05) is 20.8 Å². The van der Waals surface area contributed by atoms with Crippen LogP contribution in [-0.4, -0.2) is 38.5 Å². The van der Waals surface area contributed by atoms with Gasteiger partial charge >= 0.3 is 12.2 Å². The van der Waals surface area contributed by atoms with Crippen LogP contribution >= 0.6 is 0 Å². The lowest BCUT2D eigenvalue weighted by atomic mass is 10.0. The first-order valence-corrected chi connectivity index (χ1v) is 11.0. The van der Waals surface area contributed by atoms with Gasteiger partial charge in [-0.3, -0.25) is 14.9 Å². The van der Waals surface area contributed by atoms with E-state index in [1.165, 1.54) is 29.4 Å². The third kappa shape index (κ3) is 5.18. The van der Waals surface area contributed by atoms with E-state index in [0.29, 0.717) is 16.8 Å². The van der Waals surface area contributed by atoms with Crippen molar-refractivity contribution < 1.29 is 20.7 Å². The minimum absolute atomic E-state index is 0.183. The summed E-state index contributed by atoms with van der Waals surface area (Å²) in [6.07, 6.45) is -0.438. The highest BCUT2D eigenvalue weighted by Gasteiger charge is 2.35. The molecule has 0 radical (unpaired) electrons. The number of halogens is 3. The highest BCUT2D eigenvalue weighted by atomic mass is 19.4. The van der Waals surface area contributed by atoms with Crippen molar-refractivity contribution in [3.8, 4) is 11.1 Å². The molecule has 2 atom stereocenters. The van der Waals surface area contributed by atoms with Gasteiger partial charge in [0.05, 0.1) is 20.5 Å². The molecule has 184 valence electrons. The first-order valence-electron chi connectivity index (χ1n) is 12.0. The summed E-state index contributed by atoms with van der Waals surface area (Å²) < 4.78 is 55.5. The molecule has 0 spiro atoms. The number of aromatic nitrogens is 4. The monoisotopic (exact) mass is 487 g/mol. The lowest BCUT2D eigenvalue weighted by molar-refractivity contribution is -0.141. The molecule has 0 bridgehead atoms. The minimum Gasteiger partial charge on any atom is -0.346 e. The first kappa shape index (κ1) is 21.8. The van der Waals surface area contributed by atoms with E-state index in [1.54, 1.807) is 13.0 Å². The number of rotatable bonds is 6. The Morgan fingerprint density at radius 3 is 2.60 bits per heavy atom. The van der Waals surface area contributed by atoms with Crippen LogP contribution in [0.3, 0.4) is 0 Å². The van der Waals surface area contributed by atoms with Gasteiger partial charge in [-0.2, -0.15) is 18.2 Å². The first-order chi connectivity index (χ1) is 17.3. The molecule has 1 fully saturated rings. The van der Waals surface area contributed by atoms with E-state index in [2.05, 4.69) is 30.6 Å². The number of amides is 2. The summed E-state index contributed by atoms with van der Waals surface area (Å²) in [6.45, 7) is 5.33. The van der Waals surface area contributed by atoms with Crippen molar-refractivity contribution in [3.63, 3.8) is 0 Å². The van der Waals surface area contributed by atoms with Crippen molar-refractivity contribution in [1.82, 2.24) is 25.3 Å². The Morgan fingerprint density at radius 2 is 1.91 bits per heavy atom. The maximum absolute atomic E-state index is 13.1. The van der Waals surface area contributed by atoms with Crippen LogP contribution in [0.1, 0.15) is 46.5 Å². The largest absolute Gasteiger partial charge is 0.433 e. The fraction of sp³-hybridized carbons (Fsp3) is 0.375. The zero-order valence-electron chi connectivity index (χ0n) is 21.6. The number of pyridine rings is 2. The number of hydrogen-bond donors (Lipinski definition) is 2. The van der Waals surface area contributed by atoms with Crippen molar-refractivity contribution in [2.24, 2.45) is 5.92 Å². The molecule has 11 heteroatoms. The molecule has 4 heterocycles. The topological polar surface area (TPSA) is 95.9 Å². The van der Waals surface area contributed by atoms with Gasteiger partial charge in [-0.1, -0.05) is 13.8 Å². The zero-order chi connectivity index (χ0) is 27.1. The average Bonchev–Trinajstić information content (AvgIpc) is 3.06. The molecule has 2 amide bonds. The Kier molecular flexibility index (Phi) is 5.89. The van der Waals surface area contributed by atoms with Crippen LogP contribution in [-0.2, 0) is 6.18 Å². The van der Waals surface area contributed by atoms with Gasteiger partial charge in [0, 0.05) is 30.7 Å². The van der Waals surface area contributed by atoms with Gasteiger partial charge in [-0.05, 0) is 55.2 Å². The molecular formula is C24H26F3N7O. The quantitative estimate of drug-likeness (QED) is 0.509. The van der Waals surface area contributed by atoms with E-state index in [4.69, 9.17) is 2.74 Å². The van der Waals surface area contributed by atoms with Crippen LogP contribution in [0.15, 0.2) is 42.9 Å². The van der Waals surface area contributed by atoms with Gasteiger partial charge in [0.15, 0.2) is 0 Å². The Balaban J connectivity index is 1.55. The van der Waals surface area contributed by atoms with Crippen LogP contribution in [0, 0.1) is 12.8 Å². The van der Waals surface area contributed by atoms with Crippen molar-refractivity contribution in [3.05, 3.63) is 59.8 Å². The second-order valence-electron chi connectivity index (χ2n) is 8.59. The molecule has 3 aromatic rings. The lowest BCUT2D eigenvalue weighted by Crippen LogP contribution is -2.38. The fourth-order valence-electron chi connectivity index (χ4n) is 3.79. The van der Waals surface area contributed by atoms with E-state index in [9.17, 15) is 18.0 Å². The van der Waals surface area contributed by atoms with E-state index in [0.717, 1.165) is 17.8 Å². The third-order valence-corrected chi connectivity index (χ3v) is 5.63.